The molecule has 0 aliphatic heterocycles. The van der Waals surface area contributed by atoms with Gasteiger partial charge in [-0.05, 0) is 36.8 Å². The molecule has 0 aliphatic rings. The number of thiocarbonyl (C=S) groups is 1. The van der Waals surface area contributed by atoms with Gasteiger partial charge in [-0.15, -0.1) is 0 Å². The number of rotatable bonds is 6. The van der Waals surface area contributed by atoms with Gasteiger partial charge in [0.25, 0.3) is 0 Å². The van der Waals surface area contributed by atoms with Gasteiger partial charge in [0, 0.05) is 0 Å². The Morgan fingerprint density at radius 3 is 2.85 bits per heavy atom. The van der Waals surface area contributed by atoms with Crippen molar-refractivity contribution in [2.75, 3.05) is 18.5 Å². The third-order valence-corrected chi connectivity index (χ3v) is 2.88. The number of nitrogens with one attached hydrogen (secondary N) is 1. The van der Waals surface area contributed by atoms with Crippen molar-refractivity contribution in [3.8, 4) is 5.75 Å². The molecule has 0 spiro atoms. The zero-order valence-corrected chi connectivity index (χ0v) is 12.1. The first kappa shape index (κ1) is 14.3. The van der Waals surface area contributed by atoms with Crippen molar-refractivity contribution in [2.45, 2.75) is 6.92 Å². The van der Waals surface area contributed by atoms with E-state index in [9.17, 15) is 0 Å². The highest BCUT2D eigenvalue weighted by Crippen LogP contribution is 2.12. The Labute approximate surface area is 124 Å². The number of anilines is 1. The van der Waals surface area contributed by atoms with Gasteiger partial charge >= 0.3 is 0 Å². The monoisotopic (exact) mass is 287 g/mol. The van der Waals surface area contributed by atoms with E-state index in [0.29, 0.717) is 23.8 Å². The maximum atomic E-state index is 5.65. The van der Waals surface area contributed by atoms with Crippen molar-refractivity contribution in [1.82, 2.24) is 4.98 Å². The van der Waals surface area contributed by atoms with Crippen LogP contribution in [0.4, 0.5) is 5.82 Å². The fourth-order valence-corrected chi connectivity index (χ4v) is 1.84. The van der Waals surface area contributed by atoms with Crippen LogP contribution in [-0.2, 0) is 0 Å². The van der Waals surface area contributed by atoms with Crippen molar-refractivity contribution in [3.63, 3.8) is 0 Å². The van der Waals surface area contributed by atoms with E-state index in [2.05, 4.69) is 10.3 Å². The number of hydrogen-bond acceptors (Lipinski definition) is 4. The molecule has 0 aliphatic carbocycles. The largest absolute Gasteiger partial charge is 0.492 e. The second-order valence-electron chi connectivity index (χ2n) is 4.36. The molecule has 0 unspecified atom stereocenters. The first-order valence-electron chi connectivity index (χ1n) is 6.35. The van der Waals surface area contributed by atoms with Gasteiger partial charge in [0.2, 0.25) is 0 Å². The van der Waals surface area contributed by atoms with Crippen LogP contribution in [0, 0.1) is 6.92 Å². The molecule has 0 atom stereocenters. The first-order valence-corrected chi connectivity index (χ1v) is 6.76. The lowest BCUT2D eigenvalue weighted by molar-refractivity contribution is 0.332. The number of benzene rings is 1. The van der Waals surface area contributed by atoms with Crippen molar-refractivity contribution in [1.29, 1.82) is 0 Å². The zero-order chi connectivity index (χ0) is 14.4. The molecule has 0 saturated heterocycles. The zero-order valence-electron chi connectivity index (χ0n) is 11.3. The van der Waals surface area contributed by atoms with E-state index in [0.717, 1.165) is 11.6 Å². The summed E-state index contributed by atoms with van der Waals surface area (Å²) in [5.74, 6) is 1.61. The van der Waals surface area contributed by atoms with Gasteiger partial charge in [-0.3, -0.25) is 0 Å². The predicted molar refractivity (Wildman–Crippen MR) is 85.3 cm³/mol. The summed E-state index contributed by atoms with van der Waals surface area (Å²) in [6.07, 6.45) is 0. The minimum Gasteiger partial charge on any atom is -0.492 e. The van der Waals surface area contributed by atoms with Crippen molar-refractivity contribution in [2.24, 2.45) is 5.73 Å². The first-order chi connectivity index (χ1) is 9.65. The summed E-state index contributed by atoms with van der Waals surface area (Å²) < 4.78 is 5.65. The van der Waals surface area contributed by atoms with E-state index in [-0.39, 0.29) is 0 Å². The standard InChI is InChI=1S/C15H17N3OS/c1-11-4-2-5-12(10-11)19-9-8-17-14-7-3-6-13(18-14)15(16)20/h2-7,10H,8-9H2,1H3,(H2,16,20)(H,17,18). The Morgan fingerprint density at radius 1 is 1.30 bits per heavy atom. The molecule has 2 rings (SSSR count). The van der Waals surface area contributed by atoms with Crippen LogP contribution in [0.15, 0.2) is 42.5 Å². The predicted octanol–water partition coefficient (Wildman–Crippen LogP) is 2.52. The van der Waals surface area contributed by atoms with E-state index >= 15 is 0 Å². The fourth-order valence-electron chi connectivity index (χ4n) is 1.72. The summed E-state index contributed by atoms with van der Waals surface area (Å²) in [6, 6.07) is 13.5. The van der Waals surface area contributed by atoms with Crippen LogP contribution in [0.3, 0.4) is 0 Å². The SMILES string of the molecule is Cc1cccc(OCCNc2cccc(C(N)=S)n2)c1. The molecule has 5 heteroatoms. The Balaban J connectivity index is 1.81. The van der Waals surface area contributed by atoms with E-state index < -0.39 is 0 Å². The number of aryl methyl sites for hydroxylation is 1. The van der Waals surface area contributed by atoms with Crippen LogP contribution in [0.25, 0.3) is 0 Å². The highest BCUT2D eigenvalue weighted by Gasteiger charge is 2.00. The molecule has 1 aromatic heterocycles. The van der Waals surface area contributed by atoms with Crippen LogP contribution in [0.5, 0.6) is 5.75 Å². The molecule has 0 amide bonds. The lowest BCUT2D eigenvalue weighted by Gasteiger charge is -2.09. The van der Waals surface area contributed by atoms with Crippen LogP contribution < -0.4 is 15.8 Å². The van der Waals surface area contributed by atoms with Gasteiger partial charge in [0.15, 0.2) is 0 Å². The normalized spacial score (nSPS) is 10.1. The number of aromatic nitrogens is 1. The summed E-state index contributed by atoms with van der Waals surface area (Å²) in [7, 11) is 0. The summed E-state index contributed by atoms with van der Waals surface area (Å²) in [4.78, 5) is 4.59. The number of nitrogens with zero attached hydrogens (tertiary/aromatic N) is 1. The summed E-state index contributed by atoms with van der Waals surface area (Å²) in [5, 5.41) is 3.17. The molecule has 3 N–H and O–H groups in total. The Kier molecular flexibility index (Phi) is 4.90. The van der Waals surface area contributed by atoms with E-state index in [1.165, 1.54) is 5.56 Å². The van der Waals surface area contributed by atoms with E-state index in [1.807, 2.05) is 43.3 Å². The van der Waals surface area contributed by atoms with Gasteiger partial charge in [-0.25, -0.2) is 4.98 Å². The molecule has 20 heavy (non-hydrogen) atoms. The highest BCUT2D eigenvalue weighted by atomic mass is 32.1. The van der Waals surface area contributed by atoms with Crippen LogP contribution >= 0.6 is 12.2 Å². The maximum Gasteiger partial charge on any atom is 0.126 e. The summed E-state index contributed by atoms with van der Waals surface area (Å²) >= 11 is 4.90. The molecule has 0 bridgehead atoms. The van der Waals surface area contributed by atoms with E-state index in [4.69, 9.17) is 22.7 Å². The lowest BCUT2D eigenvalue weighted by Crippen LogP contribution is -2.15. The highest BCUT2D eigenvalue weighted by molar-refractivity contribution is 7.80. The van der Waals surface area contributed by atoms with Crippen molar-refractivity contribution >= 4 is 23.0 Å². The van der Waals surface area contributed by atoms with E-state index in [1.54, 1.807) is 6.07 Å². The molecule has 0 radical (unpaired) electrons. The molecule has 1 aromatic carbocycles. The third-order valence-electron chi connectivity index (χ3n) is 2.67. The number of pyridine rings is 1. The number of hydrogen-bond donors (Lipinski definition) is 2. The average Bonchev–Trinajstić information content (AvgIpc) is 2.44. The Bertz CT molecular complexity index is 601. The minimum absolute atomic E-state index is 0.296. The summed E-state index contributed by atoms with van der Waals surface area (Å²) in [6.45, 7) is 3.25. The smallest absolute Gasteiger partial charge is 0.126 e. The Morgan fingerprint density at radius 2 is 2.10 bits per heavy atom. The van der Waals surface area contributed by atoms with Crippen LogP contribution in [0.2, 0.25) is 0 Å². The molecule has 4 nitrogen and oxygen atoms in total. The molecule has 1 heterocycles. The third kappa shape index (κ3) is 4.20. The molecule has 104 valence electrons. The second-order valence-corrected chi connectivity index (χ2v) is 4.80. The molecular weight excluding hydrogens is 270 g/mol. The average molecular weight is 287 g/mol. The number of nitrogens with two attached hydrogens (primary N) is 1. The summed E-state index contributed by atoms with van der Waals surface area (Å²) in [5.41, 5.74) is 7.34. The lowest BCUT2D eigenvalue weighted by atomic mass is 10.2. The number of ether oxygens (including phenoxy) is 1. The van der Waals surface area contributed by atoms with Crippen molar-refractivity contribution < 1.29 is 4.74 Å². The molecule has 0 saturated carbocycles. The fraction of sp³-hybridized carbons (Fsp3) is 0.200. The van der Waals surface area contributed by atoms with Crippen LogP contribution in [0.1, 0.15) is 11.3 Å². The molecule has 0 fully saturated rings. The molecular formula is C15H17N3OS. The van der Waals surface area contributed by atoms with Gasteiger partial charge in [-0.2, -0.15) is 0 Å². The quantitative estimate of drug-likeness (QED) is 0.631. The Hall–Kier alpha value is -2.14. The van der Waals surface area contributed by atoms with Gasteiger partial charge in [-0.1, -0.05) is 30.4 Å². The minimum atomic E-state index is 0.296. The second kappa shape index (κ2) is 6.86. The van der Waals surface area contributed by atoms with Gasteiger partial charge < -0.3 is 15.8 Å². The van der Waals surface area contributed by atoms with Crippen molar-refractivity contribution in [3.05, 3.63) is 53.7 Å². The topological polar surface area (TPSA) is 60.2 Å². The maximum absolute atomic E-state index is 5.65. The van der Waals surface area contributed by atoms with Gasteiger partial charge in [0.05, 0.1) is 12.2 Å². The van der Waals surface area contributed by atoms with Gasteiger partial charge in [0.1, 0.15) is 23.2 Å². The molecule has 2 aromatic rings. The van der Waals surface area contributed by atoms with Crippen LogP contribution in [-0.4, -0.2) is 23.1 Å².